The molecule has 2 unspecified atom stereocenters. The number of benzene rings is 1. The fraction of sp³-hybridized carbons (Fsp3) is 0.400. The largest absolute Gasteiger partial charge is 0.326 e. The second-order valence-electron chi connectivity index (χ2n) is 3.56. The predicted molar refractivity (Wildman–Crippen MR) is 49.9 cm³/mol. The van der Waals surface area contributed by atoms with Gasteiger partial charge in [-0.2, -0.15) is 0 Å². The van der Waals surface area contributed by atoms with Gasteiger partial charge in [-0.25, -0.2) is 8.78 Å². The highest BCUT2D eigenvalue weighted by molar-refractivity contribution is 5.27. The lowest BCUT2D eigenvalue weighted by Gasteiger charge is -2.15. The molecule has 2 nitrogen and oxygen atoms in total. The Labute approximate surface area is 81.1 Å². The molecule has 1 aliphatic heterocycles. The molecule has 1 aromatic carbocycles. The van der Waals surface area contributed by atoms with Gasteiger partial charge < -0.3 is 11.1 Å². The molecule has 0 aromatic heterocycles. The molecule has 0 amide bonds. The van der Waals surface area contributed by atoms with Gasteiger partial charge in [0.05, 0.1) is 0 Å². The van der Waals surface area contributed by atoms with Crippen LogP contribution < -0.4 is 11.1 Å². The van der Waals surface area contributed by atoms with Gasteiger partial charge in [0.15, 0.2) is 0 Å². The van der Waals surface area contributed by atoms with E-state index < -0.39 is 11.6 Å². The number of rotatable bonds is 1. The van der Waals surface area contributed by atoms with E-state index in [0.717, 1.165) is 0 Å². The molecule has 0 radical (unpaired) electrons. The van der Waals surface area contributed by atoms with Gasteiger partial charge in [-0.3, -0.25) is 0 Å². The van der Waals surface area contributed by atoms with Crippen LogP contribution in [0.4, 0.5) is 8.78 Å². The monoisotopic (exact) mass is 198 g/mol. The summed E-state index contributed by atoms with van der Waals surface area (Å²) in [5.41, 5.74) is 5.87. The topological polar surface area (TPSA) is 38.0 Å². The highest BCUT2D eigenvalue weighted by Crippen LogP contribution is 2.26. The summed E-state index contributed by atoms with van der Waals surface area (Å²) in [7, 11) is 0. The third kappa shape index (κ3) is 1.51. The Morgan fingerprint density at radius 3 is 2.36 bits per heavy atom. The number of halogens is 2. The Hall–Kier alpha value is -1.00. The summed E-state index contributed by atoms with van der Waals surface area (Å²) in [6, 6.07) is 3.69. The first kappa shape index (κ1) is 9.55. The molecule has 2 rings (SSSR count). The number of nitrogens with two attached hydrogens (primary N) is 1. The van der Waals surface area contributed by atoms with Gasteiger partial charge in [-0.05, 0) is 12.1 Å². The van der Waals surface area contributed by atoms with Crippen molar-refractivity contribution < 1.29 is 8.78 Å². The van der Waals surface area contributed by atoms with Crippen molar-refractivity contribution in [2.24, 2.45) is 5.73 Å². The minimum Gasteiger partial charge on any atom is -0.326 e. The van der Waals surface area contributed by atoms with Crippen molar-refractivity contribution in [1.29, 1.82) is 0 Å². The maximum Gasteiger partial charge on any atom is 0.129 e. The van der Waals surface area contributed by atoms with Gasteiger partial charge in [0, 0.05) is 30.6 Å². The third-order valence-corrected chi connectivity index (χ3v) is 2.63. The van der Waals surface area contributed by atoms with E-state index in [1.807, 2.05) is 0 Å². The van der Waals surface area contributed by atoms with E-state index in [1.165, 1.54) is 18.2 Å². The van der Waals surface area contributed by atoms with E-state index in [9.17, 15) is 8.78 Å². The van der Waals surface area contributed by atoms with Gasteiger partial charge in [-0.1, -0.05) is 6.07 Å². The number of hydrogen-bond acceptors (Lipinski definition) is 2. The van der Waals surface area contributed by atoms with Crippen molar-refractivity contribution in [1.82, 2.24) is 5.32 Å². The molecule has 1 aliphatic rings. The molecule has 0 saturated carbocycles. The van der Waals surface area contributed by atoms with Gasteiger partial charge in [0.1, 0.15) is 11.6 Å². The van der Waals surface area contributed by atoms with Crippen molar-refractivity contribution in [3.05, 3.63) is 35.4 Å². The van der Waals surface area contributed by atoms with Crippen LogP contribution in [0.1, 0.15) is 11.5 Å². The minimum atomic E-state index is -0.505. The Morgan fingerprint density at radius 1 is 1.21 bits per heavy atom. The van der Waals surface area contributed by atoms with Crippen LogP contribution in [0.25, 0.3) is 0 Å². The van der Waals surface area contributed by atoms with E-state index in [0.29, 0.717) is 13.1 Å². The Balaban J connectivity index is 2.39. The van der Waals surface area contributed by atoms with Crippen LogP contribution in [0.5, 0.6) is 0 Å². The fourth-order valence-electron chi connectivity index (χ4n) is 1.88. The second kappa shape index (κ2) is 3.63. The van der Waals surface area contributed by atoms with Crippen molar-refractivity contribution in [2.75, 3.05) is 13.1 Å². The lowest BCUT2D eigenvalue weighted by molar-refractivity contribution is 0.515. The predicted octanol–water partition coefficient (Wildman–Crippen LogP) is 0.979. The molecule has 1 fully saturated rings. The Morgan fingerprint density at radius 2 is 1.86 bits per heavy atom. The smallest absolute Gasteiger partial charge is 0.129 e. The minimum absolute atomic E-state index is 0.116. The molecule has 76 valence electrons. The van der Waals surface area contributed by atoms with E-state index in [-0.39, 0.29) is 17.5 Å². The summed E-state index contributed by atoms with van der Waals surface area (Å²) in [4.78, 5) is 0. The highest BCUT2D eigenvalue weighted by Gasteiger charge is 2.29. The first-order chi connectivity index (χ1) is 6.70. The van der Waals surface area contributed by atoms with Crippen LogP contribution in [0.15, 0.2) is 18.2 Å². The molecule has 4 heteroatoms. The Bertz CT molecular complexity index is 321. The van der Waals surface area contributed by atoms with Crippen LogP contribution in [0.2, 0.25) is 0 Å². The van der Waals surface area contributed by atoms with E-state index in [1.54, 1.807) is 0 Å². The molecule has 1 saturated heterocycles. The zero-order valence-electron chi connectivity index (χ0n) is 7.63. The van der Waals surface area contributed by atoms with Crippen molar-refractivity contribution >= 4 is 0 Å². The zero-order chi connectivity index (χ0) is 10.1. The molecule has 0 bridgehead atoms. The average molecular weight is 198 g/mol. The lowest BCUT2D eigenvalue weighted by atomic mass is 9.94. The summed E-state index contributed by atoms with van der Waals surface area (Å²) in [5, 5.41) is 3.02. The SMILES string of the molecule is NC1CNCC1c1c(F)cccc1F. The van der Waals surface area contributed by atoms with Crippen molar-refractivity contribution in [3.8, 4) is 0 Å². The third-order valence-electron chi connectivity index (χ3n) is 2.63. The summed E-state index contributed by atoms with van der Waals surface area (Å²) in [6.07, 6.45) is 0. The Kier molecular flexibility index (Phi) is 2.48. The van der Waals surface area contributed by atoms with Crippen LogP contribution in [-0.2, 0) is 0 Å². The van der Waals surface area contributed by atoms with Gasteiger partial charge in [-0.15, -0.1) is 0 Å². The zero-order valence-corrected chi connectivity index (χ0v) is 7.63. The van der Waals surface area contributed by atoms with E-state index in [2.05, 4.69) is 5.32 Å². The molecule has 0 aliphatic carbocycles. The highest BCUT2D eigenvalue weighted by atomic mass is 19.1. The first-order valence-corrected chi connectivity index (χ1v) is 4.60. The molecule has 14 heavy (non-hydrogen) atoms. The summed E-state index contributed by atoms with van der Waals surface area (Å²) in [5.74, 6) is -1.26. The van der Waals surface area contributed by atoms with Crippen LogP contribution >= 0.6 is 0 Å². The van der Waals surface area contributed by atoms with Crippen LogP contribution in [0.3, 0.4) is 0 Å². The molecule has 1 aromatic rings. The van der Waals surface area contributed by atoms with Crippen molar-refractivity contribution in [3.63, 3.8) is 0 Å². The number of hydrogen-bond donors (Lipinski definition) is 2. The normalized spacial score (nSPS) is 26.8. The van der Waals surface area contributed by atoms with Crippen molar-refractivity contribution in [2.45, 2.75) is 12.0 Å². The standard InChI is InChI=1S/C10H12F2N2/c11-7-2-1-3-8(12)10(7)6-4-14-5-9(6)13/h1-3,6,9,14H,4-5,13H2. The van der Waals surface area contributed by atoms with Gasteiger partial charge in [0.2, 0.25) is 0 Å². The lowest BCUT2D eigenvalue weighted by Crippen LogP contribution is -2.28. The number of nitrogens with one attached hydrogen (secondary N) is 1. The summed E-state index contributed by atoms with van der Waals surface area (Å²) in [6.45, 7) is 1.15. The molecule has 1 heterocycles. The molecular formula is C10H12F2N2. The van der Waals surface area contributed by atoms with Gasteiger partial charge in [0.25, 0.3) is 0 Å². The average Bonchev–Trinajstić information content (AvgIpc) is 2.52. The molecule has 0 spiro atoms. The van der Waals surface area contributed by atoms with Crippen LogP contribution in [-0.4, -0.2) is 19.1 Å². The van der Waals surface area contributed by atoms with Gasteiger partial charge >= 0.3 is 0 Å². The quantitative estimate of drug-likeness (QED) is 0.706. The summed E-state index contributed by atoms with van der Waals surface area (Å²) < 4.78 is 26.7. The van der Waals surface area contributed by atoms with E-state index in [4.69, 9.17) is 5.73 Å². The summed E-state index contributed by atoms with van der Waals surface area (Å²) >= 11 is 0. The molecular weight excluding hydrogens is 186 g/mol. The maximum atomic E-state index is 13.4. The maximum absolute atomic E-state index is 13.4. The molecule has 2 atom stereocenters. The van der Waals surface area contributed by atoms with Crippen LogP contribution in [0, 0.1) is 11.6 Å². The molecule has 3 N–H and O–H groups in total. The van der Waals surface area contributed by atoms with E-state index >= 15 is 0 Å². The second-order valence-corrected chi connectivity index (χ2v) is 3.56. The first-order valence-electron chi connectivity index (χ1n) is 4.60. The fourth-order valence-corrected chi connectivity index (χ4v) is 1.88.